The van der Waals surface area contributed by atoms with Gasteiger partial charge in [0.15, 0.2) is 0 Å². The van der Waals surface area contributed by atoms with Gasteiger partial charge in [0.2, 0.25) is 0 Å². The predicted octanol–water partition coefficient (Wildman–Crippen LogP) is 6.18. The zero-order valence-corrected chi connectivity index (χ0v) is 20.6. The Labute approximate surface area is 210 Å². The van der Waals surface area contributed by atoms with Crippen LogP contribution >= 0.6 is 0 Å². The summed E-state index contributed by atoms with van der Waals surface area (Å²) in [5.74, 6) is -0.560. The van der Waals surface area contributed by atoms with Gasteiger partial charge in [-0.05, 0) is 86.3 Å². The van der Waals surface area contributed by atoms with E-state index in [0.29, 0.717) is 13.1 Å². The quantitative estimate of drug-likeness (QED) is 0.281. The molecule has 0 saturated carbocycles. The fraction of sp³-hybridized carbons (Fsp3) is 0.367. The molecule has 4 nitrogen and oxygen atoms in total. The molecule has 36 heavy (non-hydrogen) atoms. The maximum atomic E-state index is 13.6. The fourth-order valence-corrected chi connectivity index (χ4v) is 5.50. The molecule has 0 radical (unpaired) electrons. The molecule has 0 bridgehead atoms. The molecule has 0 amide bonds. The molecule has 188 valence electrons. The Bertz CT molecular complexity index is 1290. The van der Waals surface area contributed by atoms with E-state index in [-0.39, 0.29) is 23.2 Å². The predicted molar refractivity (Wildman–Crippen MR) is 140 cm³/mol. The highest BCUT2D eigenvalue weighted by Crippen LogP contribution is 2.30. The normalized spacial score (nSPS) is 14.6. The summed E-state index contributed by atoms with van der Waals surface area (Å²) >= 11 is 0. The second kappa shape index (κ2) is 11.2. The average Bonchev–Trinajstić information content (AvgIpc) is 3.18. The Balaban J connectivity index is 1.35. The van der Waals surface area contributed by atoms with E-state index in [1.807, 2.05) is 33.4 Å². The van der Waals surface area contributed by atoms with E-state index < -0.39 is 0 Å². The molecule has 1 saturated heterocycles. The molecular formula is C30H33F2N3O. The van der Waals surface area contributed by atoms with Crippen molar-refractivity contribution in [1.29, 1.82) is 0 Å². The van der Waals surface area contributed by atoms with E-state index in [1.54, 1.807) is 24.3 Å². The Morgan fingerprint density at radius 3 is 1.75 bits per heavy atom. The molecule has 5 rings (SSSR count). The average molecular weight is 490 g/mol. The summed E-state index contributed by atoms with van der Waals surface area (Å²) in [5, 5.41) is 0. The van der Waals surface area contributed by atoms with Crippen LogP contribution in [0.5, 0.6) is 0 Å². The summed E-state index contributed by atoms with van der Waals surface area (Å²) in [4.78, 5) is 15.9. The fourth-order valence-electron chi connectivity index (χ4n) is 5.50. The summed E-state index contributed by atoms with van der Waals surface area (Å²) in [6.45, 7) is 4.41. The molecular weight excluding hydrogens is 456 g/mol. The van der Waals surface area contributed by atoms with E-state index >= 15 is 0 Å². The van der Waals surface area contributed by atoms with Crippen LogP contribution in [-0.4, -0.2) is 33.7 Å². The minimum absolute atomic E-state index is 0.00523. The highest BCUT2D eigenvalue weighted by Gasteiger charge is 2.18. The largest absolute Gasteiger partial charge is 0.329 e. The van der Waals surface area contributed by atoms with E-state index in [9.17, 15) is 13.6 Å². The number of hydrogen-bond acceptors (Lipinski definition) is 2. The van der Waals surface area contributed by atoms with Gasteiger partial charge in [-0.3, -0.25) is 9.13 Å². The van der Waals surface area contributed by atoms with Gasteiger partial charge in [0.05, 0.1) is 11.0 Å². The number of hydrogen-bond donors (Lipinski definition) is 0. The molecule has 6 heteroatoms. The van der Waals surface area contributed by atoms with Gasteiger partial charge in [-0.25, -0.2) is 13.6 Å². The number of para-hydroxylation sites is 2. The summed E-state index contributed by atoms with van der Waals surface area (Å²) in [5.41, 5.74) is 3.95. The first kappa shape index (κ1) is 24.4. The molecule has 0 aliphatic carbocycles. The number of likely N-dealkylation sites (tertiary alicyclic amines) is 1. The van der Waals surface area contributed by atoms with Crippen LogP contribution in [0, 0.1) is 11.6 Å². The third-order valence-corrected chi connectivity index (χ3v) is 7.43. The standard InChI is InChI=1S/C30H33F2N3O/c31-25-14-10-23(11-15-25)27(24-12-16-26(32)17-13-24)7-6-20-34-28-8-2-3-9-29(28)35(30(34)36)22-21-33-18-4-1-5-19-33/h2-3,8-17,27H,1,4-7,18-22H2. The van der Waals surface area contributed by atoms with Crippen molar-refractivity contribution in [2.24, 2.45) is 0 Å². The number of piperidine rings is 1. The van der Waals surface area contributed by atoms with Gasteiger partial charge in [-0.1, -0.05) is 42.8 Å². The van der Waals surface area contributed by atoms with Crippen LogP contribution < -0.4 is 5.69 Å². The molecule has 1 aliphatic rings. The first-order valence-electron chi connectivity index (χ1n) is 13.0. The highest BCUT2D eigenvalue weighted by atomic mass is 19.1. The lowest BCUT2D eigenvalue weighted by molar-refractivity contribution is 0.220. The Morgan fingerprint density at radius 1 is 0.667 bits per heavy atom. The van der Waals surface area contributed by atoms with Crippen molar-refractivity contribution in [1.82, 2.24) is 14.0 Å². The van der Waals surface area contributed by atoms with Crippen LogP contribution in [-0.2, 0) is 13.1 Å². The van der Waals surface area contributed by atoms with Crippen molar-refractivity contribution < 1.29 is 8.78 Å². The lowest BCUT2D eigenvalue weighted by Gasteiger charge is -2.26. The van der Waals surface area contributed by atoms with Crippen molar-refractivity contribution in [3.63, 3.8) is 0 Å². The molecule has 1 fully saturated rings. The number of rotatable bonds is 9. The third-order valence-electron chi connectivity index (χ3n) is 7.43. The van der Waals surface area contributed by atoms with Crippen LogP contribution in [0.3, 0.4) is 0 Å². The summed E-state index contributed by atoms with van der Waals surface area (Å²) < 4.78 is 30.9. The number of aromatic nitrogens is 2. The molecule has 3 aromatic carbocycles. The molecule has 0 N–H and O–H groups in total. The number of aryl methyl sites for hydroxylation is 1. The first-order valence-corrected chi connectivity index (χ1v) is 13.0. The Hall–Kier alpha value is -3.25. The smallest absolute Gasteiger partial charge is 0.302 e. The van der Waals surface area contributed by atoms with Gasteiger partial charge in [0, 0.05) is 25.6 Å². The van der Waals surface area contributed by atoms with Crippen molar-refractivity contribution in [3.05, 3.63) is 106 Å². The second-order valence-electron chi connectivity index (χ2n) is 9.77. The van der Waals surface area contributed by atoms with E-state index in [1.165, 1.54) is 43.5 Å². The van der Waals surface area contributed by atoms with Crippen LogP contribution in [0.2, 0.25) is 0 Å². The molecule has 2 heterocycles. The van der Waals surface area contributed by atoms with Gasteiger partial charge in [0.25, 0.3) is 0 Å². The second-order valence-corrected chi connectivity index (χ2v) is 9.77. The number of benzene rings is 3. The molecule has 4 aromatic rings. The molecule has 0 spiro atoms. The number of halogens is 2. The molecule has 0 atom stereocenters. The number of fused-ring (bicyclic) bond motifs is 1. The molecule has 1 aromatic heterocycles. The van der Waals surface area contributed by atoms with Crippen LogP contribution in [0.25, 0.3) is 11.0 Å². The SMILES string of the molecule is O=c1n(CCCC(c2ccc(F)cc2)c2ccc(F)cc2)c2ccccc2n1CCN1CCCCC1. The van der Waals surface area contributed by atoms with Gasteiger partial charge >= 0.3 is 5.69 Å². The van der Waals surface area contributed by atoms with Crippen LogP contribution in [0.15, 0.2) is 77.6 Å². The molecule has 0 unspecified atom stereocenters. The Kier molecular flexibility index (Phi) is 7.61. The minimum Gasteiger partial charge on any atom is -0.302 e. The van der Waals surface area contributed by atoms with Crippen molar-refractivity contribution >= 4 is 11.0 Å². The minimum atomic E-state index is -0.277. The monoisotopic (exact) mass is 489 g/mol. The number of imidazole rings is 1. The van der Waals surface area contributed by atoms with Crippen LogP contribution in [0.4, 0.5) is 8.78 Å². The third kappa shape index (κ3) is 5.44. The zero-order chi connectivity index (χ0) is 24.9. The van der Waals surface area contributed by atoms with E-state index in [2.05, 4.69) is 4.90 Å². The lowest BCUT2D eigenvalue weighted by Crippen LogP contribution is -2.35. The maximum Gasteiger partial charge on any atom is 0.329 e. The Morgan fingerprint density at radius 2 is 1.19 bits per heavy atom. The highest BCUT2D eigenvalue weighted by molar-refractivity contribution is 5.76. The summed E-state index contributed by atoms with van der Waals surface area (Å²) in [6.07, 6.45) is 5.29. The summed E-state index contributed by atoms with van der Waals surface area (Å²) in [6, 6.07) is 21.1. The zero-order valence-electron chi connectivity index (χ0n) is 20.6. The van der Waals surface area contributed by atoms with Crippen molar-refractivity contribution in [2.75, 3.05) is 19.6 Å². The van der Waals surface area contributed by atoms with Gasteiger partial charge in [0.1, 0.15) is 11.6 Å². The van der Waals surface area contributed by atoms with Gasteiger partial charge < -0.3 is 4.90 Å². The molecule has 1 aliphatic heterocycles. The first-order chi connectivity index (χ1) is 17.6. The van der Waals surface area contributed by atoms with Gasteiger partial charge in [-0.2, -0.15) is 0 Å². The maximum absolute atomic E-state index is 13.6. The van der Waals surface area contributed by atoms with Gasteiger partial charge in [-0.15, -0.1) is 0 Å². The van der Waals surface area contributed by atoms with Crippen molar-refractivity contribution in [2.45, 2.75) is 51.1 Å². The van der Waals surface area contributed by atoms with E-state index in [4.69, 9.17) is 0 Å². The lowest BCUT2D eigenvalue weighted by atomic mass is 9.87. The summed E-state index contributed by atoms with van der Waals surface area (Å²) in [7, 11) is 0. The number of nitrogens with zero attached hydrogens (tertiary/aromatic N) is 3. The topological polar surface area (TPSA) is 30.2 Å². The van der Waals surface area contributed by atoms with Crippen LogP contribution in [0.1, 0.15) is 49.1 Å². The van der Waals surface area contributed by atoms with E-state index in [0.717, 1.165) is 54.6 Å². The van der Waals surface area contributed by atoms with Crippen molar-refractivity contribution in [3.8, 4) is 0 Å².